The number of halogens is 2. The van der Waals surface area contributed by atoms with Crippen LogP contribution in [0.15, 0.2) is 88.1 Å². The second kappa shape index (κ2) is 7.32. The minimum absolute atomic E-state index is 0.374. The summed E-state index contributed by atoms with van der Waals surface area (Å²) in [4.78, 5) is 13.0. The normalized spacial score (nSPS) is 11.3. The highest BCUT2D eigenvalue weighted by molar-refractivity contribution is 6.31. The Balaban J connectivity index is 1.99. The predicted octanol–water partition coefficient (Wildman–Crippen LogP) is 7.85. The Morgan fingerprint density at radius 2 is 1.40 bits per heavy atom. The van der Waals surface area contributed by atoms with E-state index >= 15 is 0 Å². The number of hydrogen-bond acceptors (Lipinski definition) is 2. The van der Waals surface area contributed by atoms with Gasteiger partial charge < -0.3 is 4.42 Å². The van der Waals surface area contributed by atoms with Crippen LogP contribution in [0.2, 0.25) is 10.0 Å². The molecule has 0 bridgehead atoms. The van der Waals surface area contributed by atoms with Crippen molar-refractivity contribution in [3.63, 3.8) is 0 Å². The van der Waals surface area contributed by atoms with Crippen LogP contribution in [-0.4, -0.2) is 0 Å². The van der Waals surface area contributed by atoms with E-state index in [0.29, 0.717) is 21.2 Å². The molecule has 0 atom stereocenters. The summed E-state index contributed by atoms with van der Waals surface area (Å²) < 4.78 is 5.88. The third-order valence-electron chi connectivity index (χ3n) is 5.28. The highest BCUT2D eigenvalue weighted by atomic mass is 35.5. The van der Waals surface area contributed by atoms with Crippen LogP contribution >= 0.6 is 23.2 Å². The quantitative estimate of drug-likeness (QED) is 0.285. The van der Waals surface area contributed by atoms with Crippen molar-refractivity contribution in [1.82, 2.24) is 0 Å². The molecule has 2 aliphatic carbocycles. The predicted molar refractivity (Wildman–Crippen MR) is 125 cm³/mol. The fraction of sp³-hybridized carbons (Fsp3) is 0.0385. The van der Waals surface area contributed by atoms with E-state index in [1.54, 1.807) is 12.1 Å². The maximum atomic E-state index is 13.0. The third-order valence-corrected chi connectivity index (χ3v) is 5.75. The van der Waals surface area contributed by atoms with Crippen molar-refractivity contribution in [1.29, 1.82) is 0 Å². The third kappa shape index (κ3) is 3.19. The average molecular weight is 431 g/mol. The van der Waals surface area contributed by atoms with Crippen molar-refractivity contribution in [2.24, 2.45) is 0 Å². The molecule has 146 valence electrons. The van der Waals surface area contributed by atoms with E-state index in [2.05, 4.69) is 12.1 Å². The van der Waals surface area contributed by atoms with Crippen molar-refractivity contribution < 1.29 is 4.42 Å². The van der Waals surface area contributed by atoms with E-state index in [1.807, 2.05) is 61.5 Å². The summed E-state index contributed by atoms with van der Waals surface area (Å²) in [5, 5.41) is 2.59. The molecule has 1 heterocycles. The second-order valence-electron chi connectivity index (χ2n) is 7.33. The largest absolute Gasteiger partial charge is 0.422 e. The average Bonchev–Trinajstić information content (AvgIpc) is 2.99. The molecule has 1 aromatic heterocycles. The molecular weight excluding hydrogens is 415 g/mol. The molecule has 4 heteroatoms. The molecule has 0 radical (unpaired) electrons. The Hall–Kier alpha value is -3.07. The van der Waals surface area contributed by atoms with Gasteiger partial charge in [0.25, 0.3) is 0 Å². The number of fused-ring (bicyclic) bond motifs is 3. The van der Waals surface area contributed by atoms with Crippen LogP contribution in [0.5, 0.6) is 0 Å². The summed E-state index contributed by atoms with van der Waals surface area (Å²) in [6, 6.07) is 25.0. The summed E-state index contributed by atoms with van der Waals surface area (Å²) >= 11 is 12.6. The molecule has 3 aromatic rings. The molecule has 0 spiro atoms. The maximum Gasteiger partial charge on any atom is 0.344 e. The summed E-state index contributed by atoms with van der Waals surface area (Å²) in [5.41, 5.74) is 5.18. The van der Waals surface area contributed by atoms with Crippen LogP contribution in [0, 0.1) is 6.92 Å². The highest BCUT2D eigenvalue weighted by Gasteiger charge is 2.23. The lowest BCUT2D eigenvalue weighted by molar-refractivity contribution is 0.536. The number of aryl methyl sites for hydroxylation is 1. The fourth-order valence-electron chi connectivity index (χ4n) is 3.90. The zero-order valence-electron chi connectivity index (χ0n) is 16.1. The van der Waals surface area contributed by atoms with E-state index in [0.717, 1.165) is 38.8 Å². The Labute approximate surface area is 183 Å². The SMILES string of the molecule is Cc1ccc2cc3c(=O)oc(-c4cccc(Cl)c4)c(-c4cccc(Cl)c4)c3c-2cc1. The van der Waals surface area contributed by atoms with Crippen LogP contribution < -0.4 is 5.63 Å². The standard InChI is InChI=1S/C26H16Cl2O2/c1-15-8-10-16-14-22-24(21(16)11-9-15)23(17-4-2-6-19(27)12-17)25(30-26(22)29)18-5-3-7-20(28)13-18/h2-14H,1H3. The first-order valence-electron chi connectivity index (χ1n) is 9.53. The molecule has 0 saturated heterocycles. The van der Waals surface area contributed by atoms with Gasteiger partial charge >= 0.3 is 5.63 Å². The lowest BCUT2D eigenvalue weighted by Crippen LogP contribution is -2.01. The molecule has 30 heavy (non-hydrogen) atoms. The monoisotopic (exact) mass is 430 g/mol. The van der Waals surface area contributed by atoms with Gasteiger partial charge in [0.1, 0.15) is 5.76 Å². The molecule has 5 rings (SSSR count). The topological polar surface area (TPSA) is 30.2 Å². The van der Waals surface area contributed by atoms with E-state index in [1.165, 1.54) is 0 Å². The number of hydrogen-bond donors (Lipinski definition) is 0. The van der Waals surface area contributed by atoms with Crippen LogP contribution in [0.1, 0.15) is 5.56 Å². The Bertz CT molecular complexity index is 1450. The van der Waals surface area contributed by atoms with Crippen LogP contribution in [-0.2, 0) is 0 Å². The highest BCUT2D eigenvalue weighted by Crippen LogP contribution is 2.44. The van der Waals surface area contributed by atoms with Crippen molar-refractivity contribution in [2.75, 3.05) is 0 Å². The van der Waals surface area contributed by atoms with Gasteiger partial charge in [-0.2, -0.15) is 0 Å². The molecule has 0 saturated carbocycles. The van der Waals surface area contributed by atoms with Crippen molar-refractivity contribution in [3.8, 4) is 33.6 Å². The zero-order chi connectivity index (χ0) is 20.8. The molecule has 0 fully saturated rings. The molecule has 2 aliphatic rings. The number of rotatable bonds is 2. The summed E-state index contributed by atoms with van der Waals surface area (Å²) in [5.74, 6) is 0.480. The van der Waals surface area contributed by atoms with Gasteiger partial charge in [-0.3, -0.25) is 0 Å². The van der Waals surface area contributed by atoms with Crippen LogP contribution in [0.25, 0.3) is 44.3 Å². The van der Waals surface area contributed by atoms with Gasteiger partial charge in [-0.25, -0.2) is 4.79 Å². The Morgan fingerprint density at radius 3 is 2.13 bits per heavy atom. The van der Waals surface area contributed by atoms with Gasteiger partial charge in [-0.15, -0.1) is 0 Å². The lowest BCUT2D eigenvalue weighted by atomic mass is 9.95. The van der Waals surface area contributed by atoms with Gasteiger partial charge in [-0.1, -0.05) is 77.3 Å². The molecule has 0 aliphatic heterocycles. The van der Waals surface area contributed by atoms with E-state index < -0.39 is 0 Å². The molecular formula is C26H16Cl2O2. The van der Waals surface area contributed by atoms with Gasteiger partial charge in [0, 0.05) is 26.6 Å². The Morgan fingerprint density at radius 1 is 0.733 bits per heavy atom. The number of benzene rings is 2. The van der Waals surface area contributed by atoms with Gasteiger partial charge in [0.2, 0.25) is 0 Å². The Kier molecular flexibility index (Phi) is 4.62. The molecule has 2 aromatic carbocycles. The minimum atomic E-state index is -0.374. The van der Waals surface area contributed by atoms with E-state index in [-0.39, 0.29) is 5.63 Å². The van der Waals surface area contributed by atoms with Crippen molar-refractivity contribution >= 4 is 34.0 Å². The van der Waals surface area contributed by atoms with Gasteiger partial charge in [-0.05, 0) is 53.9 Å². The first-order chi connectivity index (χ1) is 14.5. The molecule has 0 unspecified atom stereocenters. The minimum Gasteiger partial charge on any atom is -0.422 e. The van der Waals surface area contributed by atoms with E-state index in [4.69, 9.17) is 27.6 Å². The smallest absolute Gasteiger partial charge is 0.344 e. The van der Waals surface area contributed by atoms with Crippen molar-refractivity contribution in [2.45, 2.75) is 6.92 Å². The van der Waals surface area contributed by atoms with Crippen molar-refractivity contribution in [3.05, 3.63) is 105 Å². The lowest BCUT2D eigenvalue weighted by Gasteiger charge is -2.12. The van der Waals surface area contributed by atoms with E-state index in [9.17, 15) is 4.79 Å². The first-order valence-corrected chi connectivity index (χ1v) is 10.3. The summed E-state index contributed by atoms with van der Waals surface area (Å²) in [6.45, 7) is 2.05. The zero-order valence-corrected chi connectivity index (χ0v) is 17.6. The van der Waals surface area contributed by atoms with Crippen LogP contribution in [0.4, 0.5) is 0 Å². The molecule has 2 nitrogen and oxygen atoms in total. The molecule has 0 N–H and O–H groups in total. The first kappa shape index (κ1) is 18.9. The summed E-state index contributed by atoms with van der Waals surface area (Å²) in [6.07, 6.45) is 0. The second-order valence-corrected chi connectivity index (χ2v) is 8.20. The molecule has 0 amide bonds. The fourth-order valence-corrected chi connectivity index (χ4v) is 4.28. The van der Waals surface area contributed by atoms with Gasteiger partial charge in [0.15, 0.2) is 0 Å². The van der Waals surface area contributed by atoms with Crippen LogP contribution in [0.3, 0.4) is 0 Å². The maximum absolute atomic E-state index is 13.0. The van der Waals surface area contributed by atoms with Gasteiger partial charge in [0.05, 0.1) is 5.39 Å². The summed E-state index contributed by atoms with van der Waals surface area (Å²) in [7, 11) is 0.